The molecule has 3 aromatic rings. The second-order valence-corrected chi connectivity index (χ2v) is 6.09. The summed E-state index contributed by atoms with van der Waals surface area (Å²) in [6.45, 7) is 6.69. The van der Waals surface area contributed by atoms with Crippen LogP contribution in [0.4, 0.5) is 5.69 Å². The standard InChI is InChI=1S/C21H22N2O2/c1-4-15-10-8-9-14(3)19(15)22-21(25)17-13-23(5-2)18-12-7-6-11-16(18)20(17)24/h6-13H,4-5H2,1-3H3,(H,22,25). The van der Waals surface area contributed by atoms with Crippen molar-refractivity contribution in [1.29, 1.82) is 0 Å². The first-order chi connectivity index (χ1) is 12.1. The molecular formula is C21H22N2O2. The summed E-state index contributed by atoms with van der Waals surface area (Å²) in [6.07, 6.45) is 2.47. The number of hydrogen-bond donors (Lipinski definition) is 1. The lowest BCUT2D eigenvalue weighted by atomic mass is 10.0. The van der Waals surface area contributed by atoms with Crippen LogP contribution in [0.25, 0.3) is 10.9 Å². The maximum absolute atomic E-state index is 12.8. The van der Waals surface area contributed by atoms with E-state index in [0.717, 1.165) is 28.8 Å². The van der Waals surface area contributed by atoms with E-state index in [4.69, 9.17) is 0 Å². The van der Waals surface area contributed by atoms with E-state index in [1.807, 2.05) is 61.7 Å². The minimum absolute atomic E-state index is 0.172. The molecule has 1 N–H and O–H groups in total. The summed E-state index contributed by atoms with van der Waals surface area (Å²) in [5.74, 6) is -0.359. The molecule has 0 radical (unpaired) electrons. The lowest BCUT2D eigenvalue weighted by Gasteiger charge is -2.15. The highest BCUT2D eigenvalue weighted by Crippen LogP contribution is 2.22. The van der Waals surface area contributed by atoms with Crippen LogP contribution < -0.4 is 10.7 Å². The number of nitrogens with zero attached hydrogens (tertiary/aromatic N) is 1. The minimum Gasteiger partial charge on any atom is -0.347 e. The van der Waals surface area contributed by atoms with Crippen LogP contribution in [0.5, 0.6) is 0 Å². The van der Waals surface area contributed by atoms with Crippen molar-refractivity contribution in [2.24, 2.45) is 0 Å². The van der Waals surface area contributed by atoms with Crippen molar-refractivity contribution in [3.63, 3.8) is 0 Å². The second kappa shape index (κ2) is 6.93. The van der Waals surface area contributed by atoms with Crippen molar-refractivity contribution in [1.82, 2.24) is 4.57 Å². The van der Waals surface area contributed by atoms with Crippen molar-refractivity contribution in [3.05, 3.63) is 75.6 Å². The predicted octanol–water partition coefficient (Wildman–Crippen LogP) is 4.14. The molecule has 0 aliphatic rings. The molecule has 0 bridgehead atoms. The third-order valence-electron chi connectivity index (χ3n) is 4.55. The molecule has 2 aromatic carbocycles. The van der Waals surface area contributed by atoms with Gasteiger partial charge in [-0.25, -0.2) is 0 Å². The van der Waals surface area contributed by atoms with E-state index >= 15 is 0 Å². The van der Waals surface area contributed by atoms with Gasteiger partial charge in [-0.1, -0.05) is 37.3 Å². The zero-order valence-corrected chi connectivity index (χ0v) is 14.8. The molecule has 0 aliphatic heterocycles. The minimum atomic E-state index is -0.359. The van der Waals surface area contributed by atoms with Gasteiger partial charge in [-0.05, 0) is 43.5 Å². The molecule has 0 unspecified atom stereocenters. The number of anilines is 1. The lowest BCUT2D eigenvalue weighted by Crippen LogP contribution is -2.24. The Labute approximate surface area is 147 Å². The largest absolute Gasteiger partial charge is 0.347 e. The maximum Gasteiger partial charge on any atom is 0.261 e. The van der Waals surface area contributed by atoms with E-state index in [-0.39, 0.29) is 16.9 Å². The average molecular weight is 334 g/mol. The van der Waals surface area contributed by atoms with Crippen LogP contribution in [-0.4, -0.2) is 10.5 Å². The van der Waals surface area contributed by atoms with Crippen LogP contribution in [-0.2, 0) is 13.0 Å². The Bertz CT molecular complexity index is 1000. The fourth-order valence-electron chi connectivity index (χ4n) is 3.15. The summed E-state index contributed by atoms with van der Waals surface area (Å²) in [7, 11) is 0. The van der Waals surface area contributed by atoms with Crippen molar-refractivity contribution < 1.29 is 4.79 Å². The number of aromatic nitrogens is 1. The van der Waals surface area contributed by atoms with Gasteiger partial charge in [-0.2, -0.15) is 0 Å². The van der Waals surface area contributed by atoms with E-state index in [1.54, 1.807) is 12.3 Å². The number of benzene rings is 2. The van der Waals surface area contributed by atoms with Gasteiger partial charge in [-0.3, -0.25) is 9.59 Å². The van der Waals surface area contributed by atoms with Crippen molar-refractivity contribution >= 4 is 22.5 Å². The quantitative estimate of drug-likeness (QED) is 0.779. The first-order valence-corrected chi connectivity index (χ1v) is 8.58. The molecule has 0 atom stereocenters. The maximum atomic E-state index is 12.8. The van der Waals surface area contributed by atoms with Gasteiger partial charge in [0.1, 0.15) is 5.56 Å². The molecule has 1 aromatic heterocycles. The van der Waals surface area contributed by atoms with Crippen molar-refractivity contribution in [2.45, 2.75) is 33.7 Å². The smallest absolute Gasteiger partial charge is 0.261 e. The van der Waals surface area contributed by atoms with Gasteiger partial charge in [0, 0.05) is 23.8 Å². The Morgan fingerprint density at radius 1 is 1.08 bits per heavy atom. The summed E-state index contributed by atoms with van der Waals surface area (Å²) < 4.78 is 1.93. The van der Waals surface area contributed by atoms with Crippen LogP contribution in [0.2, 0.25) is 0 Å². The number of para-hydroxylation sites is 2. The number of fused-ring (bicyclic) bond motifs is 1. The molecule has 0 saturated heterocycles. The van der Waals surface area contributed by atoms with Gasteiger partial charge in [-0.15, -0.1) is 0 Å². The SMILES string of the molecule is CCc1cccc(C)c1NC(=O)c1cn(CC)c2ccccc2c1=O. The fraction of sp³-hybridized carbons (Fsp3) is 0.238. The molecule has 3 rings (SSSR count). The van der Waals surface area contributed by atoms with Gasteiger partial charge in [0.15, 0.2) is 0 Å². The number of aryl methyl sites for hydroxylation is 3. The highest BCUT2D eigenvalue weighted by Gasteiger charge is 2.17. The molecule has 0 spiro atoms. The summed E-state index contributed by atoms with van der Waals surface area (Å²) in [6, 6.07) is 13.3. The molecule has 25 heavy (non-hydrogen) atoms. The van der Waals surface area contributed by atoms with E-state index in [1.165, 1.54) is 0 Å². The topological polar surface area (TPSA) is 51.1 Å². The van der Waals surface area contributed by atoms with E-state index in [9.17, 15) is 9.59 Å². The number of nitrogens with one attached hydrogen (secondary N) is 1. The first kappa shape index (κ1) is 17.0. The number of rotatable bonds is 4. The zero-order chi connectivity index (χ0) is 18.0. The molecule has 1 heterocycles. The lowest BCUT2D eigenvalue weighted by molar-refractivity contribution is 0.102. The molecular weight excluding hydrogens is 312 g/mol. The number of carbonyl (C=O) groups is 1. The molecule has 0 saturated carbocycles. The Morgan fingerprint density at radius 3 is 2.56 bits per heavy atom. The zero-order valence-electron chi connectivity index (χ0n) is 14.8. The fourth-order valence-corrected chi connectivity index (χ4v) is 3.15. The first-order valence-electron chi connectivity index (χ1n) is 8.58. The molecule has 1 amide bonds. The Kier molecular flexibility index (Phi) is 4.70. The predicted molar refractivity (Wildman–Crippen MR) is 102 cm³/mol. The van der Waals surface area contributed by atoms with Gasteiger partial charge in [0.2, 0.25) is 5.43 Å². The summed E-state index contributed by atoms with van der Waals surface area (Å²) in [5, 5.41) is 3.52. The Hall–Kier alpha value is -2.88. The van der Waals surface area contributed by atoms with Crippen LogP contribution in [0, 0.1) is 6.92 Å². The molecule has 4 heteroatoms. The highest BCUT2D eigenvalue weighted by atomic mass is 16.2. The summed E-state index contributed by atoms with van der Waals surface area (Å²) in [4.78, 5) is 25.6. The number of amides is 1. The van der Waals surface area contributed by atoms with Crippen LogP contribution in [0.3, 0.4) is 0 Å². The van der Waals surface area contributed by atoms with Crippen LogP contribution in [0.1, 0.15) is 35.3 Å². The monoisotopic (exact) mass is 334 g/mol. The molecule has 0 aliphatic carbocycles. The molecule has 128 valence electrons. The third kappa shape index (κ3) is 3.07. The van der Waals surface area contributed by atoms with Gasteiger partial charge >= 0.3 is 0 Å². The van der Waals surface area contributed by atoms with Gasteiger partial charge < -0.3 is 9.88 Å². The van der Waals surface area contributed by atoms with Gasteiger partial charge in [0.05, 0.1) is 5.52 Å². The average Bonchev–Trinajstić information content (AvgIpc) is 2.63. The summed E-state index contributed by atoms with van der Waals surface area (Å²) in [5.41, 5.74) is 3.63. The van der Waals surface area contributed by atoms with Crippen molar-refractivity contribution in [3.8, 4) is 0 Å². The number of hydrogen-bond acceptors (Lipinski definition) is 2. The molecule has 4 nitrogen and oxygen atoms in total. The molecule has 0 fully saturated rings. The number of carbonyl (C=O) groups excluding carboxylic acids is 1. The van der Waals surface area contributed by atoms with E-state index in [2.05, 4.69) is 5.32 Å². The van der Waals surface area contributed by atoms with Crippen LogP contribution in [0.15, 0.2) is 53.5 Å². The summed E-state index contributed by atoms with van der Waals surface area (Å²) >= 11 is 0. The van der Waals surface area contributed by atoms with Gasteiger partial charge in [0.25, 0.3) is 5.91 Å². The second-order valence-electron chi connectivity index (χ2n) is 6.09. The number of pyridine rings is 1. The third-order valence-corrected chi connectivity index (χ3v) is 4.55. The normalized spacial score (nSPS) is 10.8. The van der Waals surface area contributed by atoms with E-state index < -0.39 is 0 Å². The van der Waals surface area contributed by atoms with E-state index in [0.29, 0.717) is 11.9 Å². The van der Waals surface area contributed by atoms with Crippen LogP contribution >= 0.6 is 0 Å². The highest BCUT2D eigenvalue weighted by molar-refractivity contribution is 6.06. The Balaban J connectivity index is 2.10. The Morgan fingerprint density at radius 2 is 1.84 bits per heavy atom. The van der Waals surface area contributed by atoms with Crippen molar-refractivity contribution in [2.75, 3.05) is 5.32 Å².